The van der Waals surface area contributed by atoms with Gasteiger partial charge >= 0.3 is 0 Å². The summed E-state index contributed by atoms with van der Waals surface area (Å²) in [7, 11) is 0. The molecule has 29 heavy (non-hydrogen) atoms. The molecule has 2 heterocycles. The minimum absolute atomic E-state index is 0.363. The third kappa shape index (κ3) is 4.81. The first-order chi connectivity index (χ1) is 14.2. The van der Waals surface area contributed by atoms with Gasteiger partial charge in [-0.15, -0.1) is 0 Å². The van der Waals surface area contributed by atoms with Crippen molar-refractivity contribution in [3.05, 3.63) is 89.6 Å². The lowest BCUT2D eigenvalue weighted by Gasteiger charge is -2.36. The third-order valence-electron chi connectivity index (χ3n) is 5.35. The SMILES string of the molecule is NC(=O)c1ccc(Oc2ccc(CN3CCCCC3c3ccccc3)cc2)nc1. The Bertz CT molecular complexity index is 940. The number of ether oxygens (including phenoxy) is 1. The van der Waals surface area contributed by atoms with Gasteiger partial charge in [-0.3, -0.25) is 9.69 Å². The van der Waals surface area contributed by atoms with Crippen LogP contribution in [0.2, 0.25) is 0 Å². The standard InChI is InChI=1S/C24H25N3O2/c25-24(28)20-11-14-23(26-16-20)29-21-12-9-18(10-13-21)17-27-15-5-4-8-22(27)19-6-2-1-3-7-19/h1-3,6-7,9-14,16,22H,4-5,8,15,17H2,(H2,25,28). The number of amides is 1. The molecular weight excluding hydrogens is 362 g/mol. The first-order valence-electron chi connectivity index (χ1n) is 10.0. The lowest BCUT2D eigenvalue weighted by molar-refractivity contribution is 0.1000. The lowest BCUT2D eigenvalue weighted by atomic mass is 9.95. The molecule has 1 saturated heterocycles. The predicted octanol–water partition coefficient (Wildman–Crippen LogP) is 4.70. The molecule has 3 aromatic rings. The number of hydrogen-bond acceptors (Lipinski definition) is 4. The molecule has 0 saturated carbocycles. The predicted molar refractivity (Wildman–Crippen MR) is 113 cm³/mol. The number of piperidine rings is 1. The zero-order valence-corrected chi connectivity index (χ0v) is 16.3. The van der Waals surface area contributed by atoms with Crippen molar-refractivity contribution in [2.24, 2.45) is 5.73 Å². The van der Waals surface area contributed by atoms with Crippen LogP contribution in [0.5, 0.6) is 11.6 Å². The van der Waals surface area contributed by atoms with Crippen LogP contribution >= 0.6 is 0 Å². The molecule has 1 atom stereocenters. The molecule has 148 valence electrons. The molecule has 2 N–H and O–H groups in total. The van der Waals surface area contributed by atoms with E-state index >= 15 is 0 Å². The number of primary amides is 1. The second-order valence-corrected chi connectivity index (χ2v) is 7.39. The van der Waals surface area contributed by atoms with E-state index in [1.54, 1.807) is 12.1 Å². The largest absolute Gasteiger partial charge is 0.439 e. The maximum atomic E-state index is 11.1. The highest BCUT2D eigenvalue weighted by Gasteiger charge is 2.23. The van der Waals surface area contributed by atoms with E-state index < -0.39 is 5.91 Å². The van der Waals surface area contributed by atoms with E-state index in [1.165, 1.54) is 36.6 Å². The Morgan fingerprint density at radius 3 is 2.52 bits per heavy atom. The van der Waals surface area contributed by atoms with Gasteiger partial charge in [0.25, 0.3) is 0 Å². The summed E-state index contributed by atoms with van der Waals surface area (Å²) >= 11 is 0. The number of carbonyl (C=O) groups is 1. The number of hydrogen-bond donors (Lipinski definition) is 1. The van der Waals surface area contributed by atoms with Crippen LogP contribution < -0.4 is 10.5 Å². The number of carbonyl (C=O) groups excluding carboxylic acids is 1. The van der Waals surface area contributed by atoms with Crippen LogP contribution in [-0.2, 0) is 6.54 Å². The van der Waals surface area contributed by atoms with E-state index in [0.717, 1.165) is 13.1 Å². The van der Waals surface area contributed by atoms with Crippen molar-refractivity contribution in [1.29, 1.82) is 0 Å². The molecule has 1 unspecified atom stereocenters. The van der Waals surface area contributed by atoms with Gasteiger partial charge in [0.15, 0.2) is 0 Å². The molecule has 1 aliphatic heterocycles. The van der Waals surface area contributed by atoms with Gasteiger partial charge in [-0.1, -0.05) is 48.9 Å². The average Bonchev–Trinajstić information content (AvgIpc) is 2.76. The van der Waals surface area contributed by atoms with E-state index in [0.29, 0.717) is 23.2 Å². The van der Waals surface area contributed by atoms with Gasteiger partial charge in [0.05, 0.1) is 5.56 Å². The molecule has 0 radical (unpaired) electrons. The minimum Gasteiger partial charge on any atom is -0.439 e. The Morgan fingerprint density at radius 2 is 1.83 bits per heavy atom. The second kappa shape index (κ2) is 8.88. The quantitative estimate of drug-likeness (QED) is 0.666. The van der Waals surface area contributed by atoms with Crippen molar-refractivity contribution in [2.75, 3.05) is 6.54 Å². The summed E-state index contributed by atoms with van der Waals surface area (Å²) in [6, 6.07) is 22.6. The van der Waals surface area contributed by atoms with Crippen LogP contribution in [0.15, 0.2) is 72.9 Å². The van der Waals surface area contributed by atoms with Gasteiger partial charge in [-0.05, 0) is 48.7 Å². The van der Waals surface area contributed by atoms with Crippen molar-refractivity contribution in [3.8, 4) is 11.6 Å². The number of nitrogens with zero attached hydrogens (tertiary/aromatic N) is 2. The molecule has 1 aromatic heterocycles. The zero-order valence-electron chi connectivity index (χ0n) is 16.3. The van der Waals surface area contributed by atoms with Crippen molar-refractivity contribution < 1.29 is 9.53 Å². The Morgan fingerprint density at radius 1 is 1.03 bits per heavy atom. The Hall–Kier alpha value is -3.18. The fourth-order valence-corrected chi connectivity index (χ4v) is 3.84. The van der Waals surface area contributed by atoms with E-state index in [-0.39, 0.29) is 0 Å². The van der Waals surface area contributed by atoms with E-state index in [4.69, 9.17) is 10.5 Å². The smallest absolute Gasteiger partial charge is 0.250 e. The number of benzene rings is 2. The average molecular weight is 387 g/mol. The summed E-state index contributed by atoms with van der Waals surface area (Å²) in [5, 5.41) is 0. The monoisotopic (exact) mass is 387 g/mol. The van der Waals surface area contributed by atoms with Crippen LogP contribution in [-0.4, -0.2) is 22.3 Å². The van der Waals surface area contributed by atoms with E-state index in [1.807, 2.05) is 12.1 Å². The highest BCUT2D eigenvalue weighted by atomic mass is 16.5. The molecule has 0 bridgehead atoms. The van der Waals surface area contributed by atoms with E-state index in [9.17, 15) is 4.79 Å². The maximum absolute atomic E-state index is 11.1. The van der Waals surface area contributed by atoms with Crippen LogP contribution in [0.25, 0.3) is 0 Å². The van der Waals surface area contributed by atoms with Crippen molar-refractivity contribution in [1.82, 2.24) is 9.88 Å². The highest BCUT2D eigenvalue weighted by molar-refractivity contribution is 5.92. The lowest BCUT2D eigenvalue weighted by Crippen LogP contribution is -2.32. The van der Waals surface area contributed by atoms with Crippen LogP contribution in [0.3, 0.4) is 0 Å². The van der Waals surface area contributed by atoms with E-state index in [2.05, 4.69) is 52.3 Å². The summed E-state index contributed by atoms with van der Waals surface area (Å²) in [4.78, 5) is 17.8. The fraction of sp³-hybridized carbons (Fsp3) is 0.250. The molecule has 0 spiro atoms. The number of rotatable bonds is 6. The van der Waals surface area contributed by atoms with Gasteiger partial charge in [0, 0.05) is 24.8 Å². The van der Waals surface area contributed by atoms with Crippen molar-refractivity contribution in [2.45, 2.75) is 31.8 Å². The van der Waals surface area contributed by atoms with Gasteiger partial charge in [-0.2, -0.15) is 0 Å². The molecule has 5 heteroatoms. The maximum Gasteiger partial charge on any atom is 0.250 e. The van der Waals surface area contributed by atoms with Gasteiger partial charge in [0.2, 0.25) is 11.8 Å². The topological polar surface area (TPSA) is 68.5 Å². The summed E-state index contributed by atoms with van der Waals surface area (Å²) in [5.74, 6) is 0.647. The number of pyridine rings is 1. The van der Waals surface area contributed by atoms with Crippen molar-refractivity contribution >= 4 is 5.91 Å². The summed E-state index contributed by atoms with van der Waals surface area (Å²) in [5.41, 5.74) is 8.26. The second-order valence-electron chi connectivity index (χ2n) is 7.39. The fourth-order valence-electron chi connectivity index (χ4n) is 3.84. The molecule has 1 aliphatic rings. The molecule has 5 nitrogen and oxygen atoms in total. The molecule has 1 amide bonds. The van der Waals surface area contributed by atoms with Gasteiger partial charge in [-0.25, -0.2) is 4.98 Å². The van der Waals surface area contributed by atoms with Crippen LogP contribution in [0, 0.1) is 0 Å². The van der Waals surface area contributed by atoms with Crippen molar-refractivity contribution in [3.63, 3.8) is 0 Å². The summed E-state index contributed by atoms with van der Waals surface area (Å²) < 4.78 is 5.77. The zero-order chi connectivity index (χ0) is 20.1. The number of nitrogens with two attached hydrogens (primary N) is 1. The number of likely N-dealkylation sites (tertiary alicyclic amines) is 1. The first kappa shape index (κ1) is 19.2. The third-order valence-corrected chi connectivity index (χ3v) is 5.35. The van der Waals surface area contributed by atoms with Crippen LogP contribution in [0.4, 0.5) is 0 Å². The molecule has 1 fully saturated rings. The normalized spacial score (nSPS) is 17.0. The van der Waals surface area contributed by atoms with Gasteiger partial charge < -0.3 is 10.5 Å². The summed E-state index contributed by atoms with van der Waals surface area (Å²) in [6.45, 7) is 2.04. The first-order valence-corrected chi connectivity index (χ1v) is 10.0. The highest BCUT2D eigenvalue weighted by Crippen LogP contribution is 2.32. The number of aromatic nitrogens is 1. The minimum atomic E-state index is -0.500. The molecule has 0 aliphatic carbocycles. The molecule has 2 aromatic carbocycles. The Kier molecular flexibility index (Phi) is 5.86. The van der Waals surface area contributed by atoms with Gasteiger partial charge in [0.1, 0.15) is 5.75 Å². The van der Waals surface area contributed by atoms with Crippen LogP contribution in [0.1, 0.15) is 46.8 Å². The molecular formula is C24H25N3O2. The molecule has 4 rings (SSSR count). The summed E-state index contributed by atoms with van der Waals surface area (Å²) in [6.07, 6.45) is 5.16. The Labute approximate surface area is 171 Å². The Balaban J connectivity index is 1.41.